The molecule has 0 aliphatic carbocycles. The molecule has 7 heteroatoms. The molecule has 0 saturated carbocycles. The third kappa shape index (κ3) is 7.30. The van der Waals surface area contributed by atoms with Crippen LogP contribution in [0.25, 0.3) is 0 Å². The predicted molar refractivity (Wildman–Crippen MR) is 70.2 cm³/mol. The average Bonchev–Trinajstić information content (AvgIpc) is 2.40. The van der Waals surface area contributed by atoms with Gasteiger partial charge in [-0.1, -0.05) is 6.92 Å². The molecule has 20 heavy (non-hydrogen) atoms. The van der Waals surface area contributed by atoms with E-state index in [1.54, 1.807) is 27.7 Å². The summed E-state index contributed by atoms with van der Waals surface area (Å²) in [6.45, 7) is 6.41. The summed E-state index contributed by atoms with van der Waals surface area (Å²) in [6, 6.07) is 0. The molecule has 0 aromatic heterocycles. The molecule has 0 saturated heterocycles. The second-order valence-corrected chi connectivity index (χ2v) is 4.86. The molecule has 0 aliphatic rings. The van der Waals surface area contributed by atoms with Gasteiger partial charge in [-0.2, -0.15) is 0 Å². The molecule has 7 nitrogen and oxygen atoms in total. The van der Waals surface area contributed by atoms with Crippen LogP contribution in [0.2, 0.25) is 0 Å². The highest BCUT2D eigenvalue weighted by Crippen LogP contribution is 2.15. The van der Waals surface area contributed by atoms with Crippen LogP contribution in [0.3, 0.4) is 0 Å². The molecule has 0 bridgehead atoms. The van der Waals surface area contributed by atoms with Crippen LogP contribution in [0.4, 0.5) is 4.79 Å². The fraction of sp³-hybridized carbons (Fsp3) is 0.846. The second kappa shape index (κ2) is 8.76. The lowest BCUT2D eigenvalue weighted by Gasteiger charge is -2.27. The van der Waals surface area contributed by atoms with Crippen LogP contribution in [-0.2, 0) is 23.7 Å². The largest absolute Gasteiger partial charge is 0.508 e. The standard InChI is InChI=1S/C13H24O7/c1-6-10(14)8-18-11(15)13(3,4)20-9(2)7-19-12(16)17-5/h9-10,14H,6-8H2,1-5H3. The highest BCUT2D eigenvalue weighted by Gasteiger charge is 2.33. The summed E-state index contributed by atoms with van der Waals surface area (Å²) in [7, 11) is 1.20. The number of hydrogen-bond donors (Lipinski definition) is 1. The van der Waals surface area contributed by atoms with E-state index in [2.05, 4.69) is 4.74 Å². The van der Waals surface area contributed by atoms with Crippen LogP contribution in [0.15, 0.2) is 0 Å². The van der Waals surface area contributed by atoms with E-state index < -0.39 is 29.9 Å². The molecule has 0 heterocycles. The Labute approximate surface area is 119 Å². The van der Waals surface area contributed by atoms with E-state index in [-0.39, 0.29) is 13.2 Å². The number of methoxy groups -OCH3 is 1. The van der Waals surface area contributed by atoms with Crippen molar-refractivity contribution in [2.75, 3.05) is 20.3 Å². The molecule has 0 amide bonds. The summed E-state index contributed by atoms with van der Waals surface area (Å²) in [5, 5.41) is 9.34. The van der Waals surface area contributed by atoms with Crippen molar-refractivity contribution in [2.45, 2.75) is 51.9 Å². The van der Waals surface area contributed by atoms with Gasteiger partial charge < -0.3 is 24.1 Å². The van der Waals surface area contributed by atoms with E-state index in [9.17, 15) is 14.7 Å². The first kappa shape index (κ1) is 18.7. The van der Waals surface area contributed by atoms with Gasteiger partial charge in [0.05, 0.1) is 19.3 Å². The summed E-state index contributed by atoms with van der Waals surface area (Å²) in [4.78, 5) is 22.6. The monoisotopic (exact) mass is 292 g/mol. The van der Waals surface area contributed by atoms with Crippen molar-refractivity contribution in [3.63, 3.8) is 0 Å². The minimum atomic E-state index is -1.20. The molecule has 0 fully saturated rings. The van der Waals surface area contributed by atoms with Crippen molar-refractivity contribution in [1.29, 1.82) is 0 Å². The second-order valence-electron chi connectivity index (χ2n) is 4.86. The Morgan fingerprint density at radius 1 is 1.20 bits per heavy atom. The first-order valence-corrected chi connectivity index (χ1v) is 6.46. The number of aliphatic hydroxyl groups is 1. The van der Waals surface area contributed by atoms with E-state index in [0.717, 1.165) is 0 Å². The molecular weight excluding hydrogens is 268 g/mol. The summed E-state index contributed by atoms with van der Waals surface area (Å²) < 4.78 is 19.5. The number of carbonyl (C=O) groups is 2. The zero-order valence-electron chi connectivity index (χ0n) is 12.7. The summed E-state index contributed by atoms with van der Waals surface area (Å²) in [5.74, 6) is -0.588. The van der Waals surface area contributed by atoms with Gasteiger partial charge in [0.25, 0.3) is 0 Å². The van der Waals surface area contributed by atoms with Crippen LogP contribution in [-0.4, -0.2) is 55.4 Å². The summed E-state index contributed by atoms with van der Waals surface area (Å²) in [5.41, 5.74) is -1.20. The van der Waals surface area contributed by atoms with Gasteiger partial charge in [0.1, 0.15) is 13.2 Å². The molecule has 0 aliphatic heterocycles. The molecule has 2 unspecified atom stereocenters. The van der Waals surface area contributed by atoms with Crippen molar-refractivity contribution in [2.24, 2.45) is 0 Å². The fourth-order valence-corrected chi connectivity index (χ4v) is 1.29. The highest BCUT2D eigenvalue weighted by molar-refractivity contribution is 5.78. The Bertz CT molecular complexity index is 314. The van der Waals surface area contributed by atoms with Crippen molar-refractivity contribution in [3.05, 3.63) is 0 Å². The summed E-state index contributed by atoms with van der Waals surface area (Å²) >= 11 is 0. The molecule has 0 aromatic rings. The van der Waals surface area contributed by atoms with E-state index in [4.69, 9.17) is 14.2 Å². The minimum Gasteiger partial charge on any atom is -0.461 e. The Kier molecular flexibility index (Phi) is 8.17. The van der Waals surface area contributed by atoms with E-state index in [0.29, 0.717) is 6.42 Å². The van der Waals surface area contributed by atoms with Gasteiger partial charge in [-0.05, 0) is 27.2 Å². The number of hydrogen-bond acceptors (Lipinski definition) is 7. The third-order valence-electron chi connectivity index (χ3n) is 2.47. The predicted octanol–water partition coefficient (Wildman–Crippen LogP) is 1.27. The van der Waals surface area contributed by atoms with Crippen LogP contribution >= 0.6 is 0 Å². The molecule has 118 valence electrons. The van der Waals surface area contributed by atoms with E-state index in [1.165, 1.54) is 7.11 Å². The van der Waals surface area contributed by atoms with Gasteiger partial charge in [-0.15, -0.1) is 0 Å². The Morgan fingerprint density at radius 2 is 1.80 bits per heavy atom. The maximum atomic E-state index is 11.8. The van der Waals surface area contributed by atoms with Crippen LogP contribution in [0, 0.1) is 0 Å². The number of esters is 1. The van der Waals surface area contributed by atoms with Crippen molar-refractivity contribution < 1.29 is 33.6 Å². The van der Waals surface area contributed by atoms with Gasteiger partial charge in [0, 0.05) is 0 Å². The van der Waals surface area contributed by atoms with Gasteiger partial charge in [-0.3, -0.25) is 0 Å². The lowest BCUT2D eigenvalue weighted by Crippen LogP contribution is -2.41. The molecule has 2 atom stereocenters. The molecule has 0 spiro atoms. The number of aliphatic hydroxyl groups excluding tert-OH is 1. The Morgan fingerprint density at radius 3 is 2.30 bits per heavy atom. The lowest BCUT2D eigenvalue weighted by atomic mass is 10.1. The normalized spacial score (nSPS) is 14.3. The SMILES string of the molecule is CCC(O)COC(=O)C(C)(C)OC(C)COC(=O)OC. The molecule has 0 aromatic carbocycles. The minimum absolute atomic E-state index is 0.0407. The van der Waals surface area contributed by atoms with E-state index in [1.807, 2.05) is 0 Å². The van der Waals surface area contributed by atoms with Crippen molar-refractivity contribution >= 4 is 12.1 Å². The molecule has 1 N–H and O–H groups in total. The molecule has 0 radical (unpaired) electrons. The van der Waals surface area contributed by atoms with Crippen LogP contribution in [0.5, 0.6) is 0 Å². The van der Waals surface area contributed by atoms with Gasteiger partial charge in [0.15, 0.2) is 5.60 Å². The number of carbonyl (C=O) groups excluding carboxylic acids is 2. The topological polar surface area (TPSA) is 91.3 Å². The maximum Gasteiger partial charge on any atom is 0.508 e. The lowest BCUT2D eigenvalue weighted by molar-refractivity contribution is -0.178. The number of rotatable bonds is 8. The first-order valence-electron chi connectivity index (χ1n) is 6.46. The summed E-state index contributed by atoms with van der Waals surface area (Å²) in [6.07, 6.45) is -1.51. The highest BCUT2D eigenvalue weighted by atomic mass is 16.7. The van der Waals surface area contributed by atoms with Crippen molar-refractivity contribution in [3.8, 4) is 0 Å². The van der Waals surface area contributed by atoms with E-state index >= 15 is 0 Å². The quantitative estimate of drug-likeness (QED) is 0.673. The van der Waals surface area contributed by atoms with Crippen LogP contribution < -0.4 is 0 Å². The Hall–Kier alpha value is -1.34. The fourth-order valence-electron chi connectivity index (χ4n) is 1.29. The van der Waals surface area contributed by atoms with Gasteiger partial charge in [-0.25, -0.2) is 9.59 Å². The third-order valence-corrected chi connectivity index (χ3v) is 2.47. The molecule has 0 rings (SSSR count). The molecular formula is C13H24O7. The zero-order chi connectivity index (χ0) is 15.8. The maximum absolute atomic E-state index is 11.8. The van der Waals surface area contributed by atoms with Crippen LogP contribution in [0.1, 0.15) is 34.1 Å². The number of ether oxygens (including phenoxy) is 4. The van der Waals surface area contributed by atoms with Gasteiger partial charge >= 0.3 is 12.1 Å². The van der Waals surface area contributed by atoms with Gasteiger partial charge in [0.2, 0.25) is 0 Å². The zero-order valence-corrected chi connectivity index (χ0v) is 12.7. The first-order chi connectivity index (χ1) is 9.22. The smallest absolute Gasteiger partial charge is 0.461 e. The Balaban J connectivity index is 4.20. The van der Waals surface area contributed by atoms with Crippen molar-refractivity contribution in [1.82, 2.24) is 0 Å². The average molecular weight is 292 g/mol.